The Morgan fingerprint density at radius 1 is 1.16 bits per heavy atom. The zero-order valence-electron chi connectivity index (χ0n) is 13.0. The number of nitrogens with zero attached hydrogens (tertiary/aromatic N) is 1. The van der Waals surface area contributed by atoms with Crippen molar-refractivity contribution in [3.8, 4) is 0 Å². The number of hydrogen-bond acceptors (Lipinski definition) is 2. The molecule has 1 saturated carbocycles. The molecule has 2 rings (SSSR count). The molecular weight excluding hydrogens is 234 g/mol. The highest BCUT2D eigenvalue weighted by Gasteiger charge is 2.28. The summed E-state index contributed by atoms with van der Waals surface area (Å²) in [5, 5.41) is 0. The molecular formula is C17H31NO. The third kappa shape index (κ3) is 4.30. The summed E-state index contributed by atoms with van der Waals surface area (Å²) < 4.78 is 0. The van der Waals surface area contributed by atoms with Crippen molar-refractivity contribution in [2.75, 3.05) is 20.1 Å². The summed E-state index contributed by atoms with van der Waals surface area (Å²) in [7, 11) is 2.19. The second-order valence-electron chi connectivity index (χ2n) is 7.28. The van der Waals surface area contributed by atoms with Crippen molar-refractivity contribution in [1.29, 1.82) is 0 Å². The van der Waals surface area contributed by atoms with Crippen molar-refractivity contribution in [2.24, 2.45) is 23.7 Å². The Bertz CT molecular complexity index is 292. The minimum Gasteiger partial charge on any atom is -0.306 e. The molecule has 1 atom stereocenters. The van der Waals surface area contributed by atoms with Crippen LogP contribution >= 0.6 is 0 Å². The molecule has 0 aromatic rings. The highest BCUT2D eigenvalue weighted by molar-refractivity contribution is 5.81. The van der Waals surface area contributed by atoms with Crippen LogP contribution in [-0.4, -0.2) is 30.8 Å². The lowest BCUT2D eigenvalue weighted by Crippen LogP contribution is -2.24. The zero-order chi connectivity index (χ0) is 13.8. The van der Waals surface area contributed by atoms with E-state index in [0.717, 1.165) is 43.4 Å². The number of rotatable bonds is 5. The lowest BCUT2D eigenvalue weighted by atomic mass is 9.75. The molecule has 2 aliphatic rings. The first-order valence-electron chi connectivity index (χ1n) is 8.27. The van der Waals surface area contributed by atoms with E-state index in [1.807, 2.05) is 0 Å². The van der Waals surface area contributed by atoms with E-state index in [4.69, 9.17) is 0 Å². The molecule has 1 aliphatic heterocycles. The molecule has 2 nitrogen and oxygen atoms in total. The van der Waals surface area contributed by atoms with Crippen molar-refractivity contribution in [2.45, 2.75) is 58.8 Å². The second kappa shape index (κ2) is 6.88. The van der Waals surface area contributed by atoms with E-state index in [1.165, 1.54) is 32.4 Å². The van der Waals surface area contributed by atoms with Crippen molar-refractivity contribution in [3.05, 3.63) is 0 Å². The number of carbonyl (C=O) groups is 1. The molecule has 1 unspecified atom stereocenters. The van der Waals surface area contributed by atoms with E-state index < -0.39 is 0 Å². The van der Waals surface area contributed by atoms with Gasteiger partial charge in [0, 0.05) is 18.9 Å². The molecule has 0 aromatic heterocycles. The molecule has 0 amide bonds. The van der Waals surface area contributed by atoms with Crippen LogP contribution in [0.5, 0.6) is 0 Å². The van der Waals surface area contributed by atoms with Crippen LogP contribution in [0.2, 0.25) is 0 Å². The molecule has 0 spiro atoms. The first kappa shape index (κ1) is 15.0. The summed E-state index contributed by atoms with van der Waals surface area (Å²) >= 11 is 0. The molecule has 0 radical (unpaired) electrons. The smallest absolute Gasteiger partial charge is 0.135 e. The van der Waals surface area contributed by atoms with Gasteiger partial charge in [0.15, 0.2) is 0 Å². The van der Waals surface area contributed by atoms with E-state index in [9.17, 15) is 4.79 Å². The molecule has 2 fully saturated rings. The summed E-state index contributed by atoms with van der Waals surface area (Å²) in [6, 6.07) is 0. The van der Waals surface area contributed by atoms with Crippen molar-refractivity contribution in [3.63, 3.8) is 0 Å². The Balaban J connectivity index is 1.67. The highest BCUT2D eigenvalue weighted by atomic mass is 16.1. The third-order valence-corrected chi connectivity index (χ3v) is 5.46. The van der Waals surface area contributed by atoms with Gasteiger partial charge in [0.05, 0.1) is 0 Å². The van der Waals surface area contributed by atoms with Crippen LogP contribution in [0.3, 0.4) is 0 Å². The second-order valence-corrected chi connectivity index (χ2v) is 7.28. The van der Waals surface area contributed by atoms with Gasteiger partial charge in [-0.25, -0.2) is 0 Å². The molecule has 1 heterocycles. The maximum absolute atomic E-state index is 12.3. The first-order chi connectivity index (χ1) is 9.06. The number of likely N-dealkylation sites (tertiary alicyclic amines) is 1. The van der Waals surface area contributed by atoms with E-state index in [2.05, 4.69) is 25.8 Å². The number of hydrogen-bond donors (Lipinski definition) is 0. The highest BCUT2D eigenvalue weighted by Crippen LogP contribution is 2.34. The summed E-state index contributed by atoms with van der Waals surface area (Å²) in [6.07, 6.45) is 8.14. The van der Waals surface area contributed by atoms with Gasteiger partial charge >= 0.3 is 0 Å². The Hall–Kier alpha value is -0.370. The topological polar surface area (TPSA) is 20.3 Å². The lowest BCUT2D eigenvalue weighted by Gasteiger charge is -2.30. The zero-order valence-corrected chi connectivity index (χ0v) is 13.0. The minimum atomic E-state index is 0.397. The van der Waals surface area contributed by atoms with Crippen molar-refractivity contribution < 1.29 is 4.79 Å². The van der Waals surface area contributed by atoms with Crippen LogP contribution in [-0.2, 0) is 4.79 Å². The molecule has 110 valence electrons. The van der Waals surface area contributed by atoms with E-state index in [0.29, 0.717) is 11.7 Å². The van der Waals surface area contributed by atoms with Gasteiger partial charge in [0.25, 0.3) is 0 Å². The molecule has 0 aromatic carbocycles. The fourth-order valence-corrected chi connectivity index (χ4v) is 3.92. The number of carbonyl (C=O) groups excluding carboxylic acids is 1. The van der Waals surface area contributed by atoms with Crippen LogP contribution in [0.4, 0.5) is 0 Å². The van der Waals surface area contributed by atoms with Crippen LogP contribution < -0.4 is 0 Å². The van der Waals surface area contributed by atoms with Gasteiger partial charge in [-0.05, 0) is 69.9 Å². The van der Waals surface area contributed by atoms with Gasteiger partial charge < -0.3 is 4.90 Å². The summed E-state index contributed by atoms with van der Waals surface area (Å²) in [5.41, 5.74) is 0. The Morgan fingerprint density at radius 2 is 1.84 bits per heavy atom. The van der Waals surface area contributed by atoms with Gasteiger partial charge in [-0.2, -0.15) is 0 Å². The molecule has 2 heteroatoms. The number of Topliss-reactive ketones (excluding diaryl/α,β-unsaturated/α-hetero) is 1. The summed E-state index contributed by atoms with van der Waals surface area (Å²) in [6.45, 7) is 7.07. The normalized spacial score (nSPS) is 32.9. The molecule has 0 bridgehead atoms. The van der Waals surface area contributed by atoms with Gasteiger partial charge in [-0.3, -0.25) is 4.79 Å². The SMILES string of the molecule is CC(C)C1CCC(C(=O)CCC2CCN(C)C2)CC1. The standard InChI is InChI=1S/C17H31NO/c1-13(2)15-5-7-16(8-6-15)17(19)9-4-14-10-11-18(3)12-14/h13-16H,4-12H2,1-3H3. The van der Waals surface area contributed by atoms with Gasteiger partial charge in [-0.1, -0.05) is 13.8 Å². The fourth-order valence-electron chi connectivity index (χ4n) is 3.92. The van der Waals surface area contributed by atoms with Crippen molar-refractivity contribution >= 4 is 5.78 Å². The molecule has 1 aliphatic carbocycles. The third-order valence-electron chi connectivity index (χ3n) is 5.46. The average molecular weight is 265 g/mol. The van der Waals surface area contributed by atoms with E-state index in [1.54, 1.807) is 0 Å². The molecule has 1 saturated heterocycles. The largest absolute Gasteiger partial charge is 0.306 e. The molecule has 0 N–H and O–H groups in total. The van der Waals surface area contributed by atoms with E-state index >= 15 is 0 Å². The van der Waals surface area contributed by atoms with Gasteiger partial charge in [0.2, 0.25) is 0 Å². The monoisotopic (exact) mass is 265 g/mol. The predicted molar refractivity (Wildman–Crippen MR) is 80.1 cm³/mol. The van der Waals surface area contributed by atoms with Crippen LogP contribution in [0.25, 0.3) is 0 Å². The Morgan fingerprint density at radius 3 is 2.37 bits per heavy atom. The van der Waals surface area contributed by atoms with Gasteiger partial charge in [-0.15, -0.1) is 0 Å². The molecule has 19 heavy (non-hydrogen) atoms. The fraction of sp³-hybridized carbons (Fsp3) is 0.941. The number of ketones is 1. The van der Waals surface area contributed by atoms with Crippen molar-refractivity contribution in [1.82, 2.24) is 4.90 Å². The van der Waals surface area contributed by atoms with Crippen LogP contribution in [0.15, 0.2) is 0 Å². The van der Waals surface area contributed by atoms with Crippen LogP contribution in [0, 0.1) is 23.7 Å². The summed E-state index contributed by atoms with van der Waals surface area (Å²) in [4.78, 5) is 14.7. The van der Waals surface area contributed by atoms with E-state index in [-0.39, 0.29) is 0 Å². The lowest BCUT2D eigenvalue weighted by molar-refractivity contribution is -0.124. The average Bonchev–Trinajstić information content (AvgIpc) is 2.82. The minimum absolute atomic E-state index is 0.397. The van der Waals surface area contributed by atoms with Gasteiger partial charge in [0.1, 0.15) is 5.78 Å². The predicted octanol–water partition coefficient (Wildman–Crippen LogP) is 3.75. The first-order valence-corrected chi connectivity index (χ1v) is 8.27. The summed E-state index contributed by atoms with van der Waals surface area (Å²) in [5.74, 6) is 3.41. The maximum atomic E-state index is 12.3. The Kier molecular flexibility index (Phi) is 5.44. The maximum Gasteiger partial charge on any atom is 0.135 e. The quantitative estimate of drug-likeness (QED) is 0.754. The Labute approximate surface area is 118 Å². The van der Waals surface area contributed by atoms with Crippen LogP contribution in [0.1, 0.15) is 58.8 Å².